The van der Waals surface area contributed by atoms with Crippen molar-refractivity contribution in [1.29, 1.82) is 5.26 Å². The van der Waals surface area contributed by atoms with Gasteiger partial charge in [-0.3, -0.25) is 0 Å². The number of carboxylic acid groups (broad SMARTS) is 1. The van der Waals surface area contributed by atoms with Crippen LogP contribution < -0.4 is 0 Å². The molecule has 33 heavy (non-hydrogen) atoms. The normalized spacial score (nSPS) is 18.8. The highest BCUT2D eigenvalue weighted by molar-refractivity contribution is 6.02. The van der Waals surface area contributed by atoms with E-state index >= 15 is 0 Å². The lowest BCUT2D eigenvalue weighted by molar-refractivity contribution is 0.0694. The summed E-state index contributed by atoms with van der Waals surface area (Å²) in [7, 11) is 0. The second-order valence-electron chi connectivity index (χ2n) is 8.23. The first-order chi connectivity index (χ1) is 16.1. The number of pyridine rings is 1. The first-order valence-electron chi connectivity index (χ1n) is 10.7. The van der Waals surface area contributed by atoms with Crippen molar-refractivity contribution >= 4 is 39.7 Å². The maximum atomic E-state index is 11.3. The molecule has 0 radical (unpaired) electrons. The quantitative estimate of drug-likeness (QED) is 0.352. The molecule has 0 unspecified atom stereocenters. The second-order valence-corrected chi connectivity index (χ2v) is 8.23. The fourth-order valence-electron chi connectivity index (χ4n) is 4.62. The van der Waals surface area contributed by atoms with Gasteiger partial charge in [0.15, 0.2) is 5.75 Å². The Morgan fingerprint density at radius 2 is 2.06 bits per heavy atom. The summed E-state index contributed by atoms with van der Waals surface area (Å²) >= 11 is 0. The molecule has 1 fully saturated rings. The molecule has 10 heteroatoms. The number of imidazole rings is 1. The third-order valence-corrected chi connectivity index (χ3v) is 6.27. The van der Waals surface area contributed by atoms with Gasteiger partial charge in [-0.25, -0.2) is 14.8 Å². The van der Waals surface area contributed by atoms with Gasteiger partial charge in [-0.05, 0) is 49.8 Å². The third kappa shape index (κ3) is 3.67. The van der Waals surface area contributed by atoms with Crippen LogP contribution in [-0.2, 0) is 0 Å². The molecule has 10 nitrogen and oxygen atoms in total. The van der Waals surface area contributed by atoms with E-state index < -0.39 is 11.7 Å². The van der Waals surface area contributed by atoms with Gasteiger partial charge in [0.25, 0.3) is 5.95 Å². The van der Waals surface area contributed by atoms with E-state index in [1.807, 2.05) is 12.3 Å². The molecule has 0 aliphatic heterocycles. The van der Waals surface area contributed by atoms with Gasteiger partial charge >= 0.3 is 5.97 Å². The Labute approximate surface area is 188 Å². The zero-order chi connectivity index (χ0) is 22.9. The molecule has 1 aromatic carbocycles. The number of carboxylic acids is 1. The fraction of sp³-hybridized carbons (Fsp3) is 0.304. The lowest BCUT2D eigenvalue weighted by Crippen LogP contribution is -2.18. The minimum Gasteiger partial charge on any atom is -0.505 e. The van der Waals surface area contributed by atoms with Crippen LogP contribution in [0.25, 0.3) is 22.1 Å². The average Bonchev–Trinajstić information content (AvgIpc) is 3.43. The predicted molar refractivity (Wildman–Crippen MR) is 120 cm³/mol. The van der Waals surface area contributed by atoms with Crippen LogP contribution >= 0.6 is 0 Å². The van der Waals surface area contributed by atoms with Crippen molar-refractivity contribution in [2.24, 2.45) is 16.1 Å². The molecule has 1 aliphatic carbocycles. The molecule has 0 saturated heterocycles. The molecule has 3 aromatic heterocycles. The number of benzene rings is 1. The number of aromatic carboxylic acids is 1. The van der Waals surface area contributed by atoms with E-state index in [1.165, 1.54) is 18.2 Å². The van der Waals surface area contributed by atoms with Crippen LogP contribution in [0.1, 0.15) is 48.5 Å². The number of carbonyl (C=O) groups is 1. The van der Waals surface area contributed by atoms with Gasteiger partial charge in [-0.15, -0.1) is 10.2 Å². The van der Waals surface area contributed by atoms with Crippen LogP contribution in [0.4, 0.5) is 11.6 Å². The van der Waals surface area contributed by atoms with Gasteiger partial charge in [-0.2, -0.15) is 5.26 Å². The number of rotatable bonds is 5. The van der Waals surface area contributed by atoms with Crippen molar-refractivity contribution < 1.29 is 15.0 Å². The Balaban J connectivity index is 1.60. The maximum absolute atomic E-state index is 11.3. The van der Waals surface area contributed by atoms with E-state index in [2.05, 4.69) is 35.8 Å². The SMILES string of the molecule is N#CCC1CCC(n2c(/N=N/c3cccc(C(=O)O)c3O)nc3cnc4[nH]ccc4c32)CC1. The van der Waals surface area contributed by atoms with Crippen molar-refractivity contribution in [1.82, 2.24) is 19.5 Å². The van der Waals surface area contributed by atoms with Crippen molar-refractivity contribution in [3.63, 3.8) is 0 Å². The summed E-state index contributed by atoms with van der Waals surface area (Å²) in [5.41, 5.74) is 2.14. The van der Waals surface area contributed by atoms with Crippen LogP contribution in [0, 0.1) is 17.2 Å². The molecule has 5 rings (SSSR count). The van der Waals surface area contributed by atoms with Gasteiger partial charge < -0.3 is 19.8 Å². The van der Waals surface area contributed by atoms with E-state index in [-0.39, 0.29) is 17.3 Å². The number of nitriles is 1. The number of para-hydroxylation sites is 1. The average molecular weight is 443 g/mol. The number of azo groups is 1. The molecular formula is C23H21N7O3. The fourth-order valence-corrected chi connectivity index (χ4v) is 4.62. The number of aromatic nitrogens is 4. The Bertz CT molecular complexity index is 1420. The second kappa shape index (κ2) is 8.35. The lowest BCUT2D eigenvalue weighted by atomic mass is 9.84. The van der Waals surface area contributed by atoms with E-state index in [1.54, 1.807) is 6.20 Å². The molecule has 1 aliphatic rings. The van der Waals surface area contributed by atoms with Crippen molar-refractivity contribution in [3.05, 3.63) is 42.2 Å². The molecule has 1 saturated carbocycles. The number of phenols is 1. The number of aromatic hydroxyl groups is 1. The highest BCUT2D eigenvalue weighted by Gasteiger charge is 2.27. The van der Waals surface area contributed by atoms with Gasteiger partial charge in [0.2, 0.25) is 0 Å². The summed E-state index contributed by atoms with van der Waals surface area (Å²) in [6, 6.07) is 8.66. The standard InChI is InChI=1S/C23H21N7O3/c24-10-8-13-4-6-14(7-5-13)30-19-15-9-11-25-21(15)26-12-18(19)27-23(30)29-28-17-3-1-2-16(20(17)31)22(32)33/h1-3,9,11-14,31H,4-8H2,(H,25,26)(H,32,33)/b29-28+. The van der Waals surface area contributed by atoms with E-state index in [0.717, 1.165) is 42.2 Å². The molecule has 0 spiro atoms. The van der Waals surface area contributed by atoms with Crippen LogP contribution in [-0.4, -0.2) is 35.7 Å². The summed E-state index contributed by atoms with van der Waals surface area (Å²) < 4.78 is 2.07. The highest BCUT2D eigenvalue weighted by Crippen LogP contribution is 2.40. The summed E-state index contributed by atoms with van der Waals surface area (Å²) in [4.78, 5) is 23.5. The minimum atomic E-state index is -1.24. The van der Waals surface area contributed by atoms with Crippen molar-refractivity contribution in [2.45, 2.75) is 38.1 Å². The molecular weight excluding hydrogens is 422 g/mol. The Kier molecular flexibility index (Phi) is 5.22. The maximum Gasteiger partial charge on any atom is 0.339 e. The predicted octanol–water partition coefficient (Wildman–Crippen LogP) is 5.38. The third-order valence-electron chi connectivity index (χ3n) is 6.27. The number of fused-ring (bicyclic) bond motifs is 3. The van der Waals surface area contributed by atoms with Crippen molar-refractivity contribution in [3.8, 4) is 11.8 Å². The molecule has 3 N–H and O–H groups in total. The lowest BCUT2D eigenvalue weighted by Gasteiger charge is -2.29. The number of H-pyrrole nitrogens is 1. The zero-order valence-electron chi connectivity index (χ0n) is 17.6. The van der Waals surface area contributed by atoms with Gasteiger partial charge in [-0.1, -0.05) is 6.07 Å². The Hall–Kier alpha value is -4.26. The highest BCUT2D eigenvalue weighted by atomic mass is 16.4. The molecule has 0 bridgehead atoms. The van der Waals surface area contributed by atoms with Gasteiger partial charge in [0, 0.05) is 24.0 Å². The van der Waals surface area contributed by atoms with Crippen molar-refractivity contribution in [2.75, 3.05) is 0 Å². The summed E-state index contributed by atoms with van der Waals surface area (Å²) in [6.07, 6.45) is 7.73. The summed E-state index contributed by atoms with van der Waals surface area (Å²) in [5, 5.41) is 38.0. The summed E-state index contributed by atoms with van der Waals surface area (Å²) in [6.45, 7) is 0. The van der Waals surface area contributed by atoms with Crippen LogP contribution in [0.5, 0.6) is 5.75 Å². The van der Waals surface area contributed by atoms with E-state index in [9.17, 15) is 15.0 Å². The number of aromatic amines is 1. The van der Waals surface area contributed by atoms with Crippen LogP contribution in [0.15, 0.2) is 46.9 Å². The molecule has 166 valence electrons. The number of nitrogens with one attached hydrogen (secondary N) is 1. The first kappa shape index (κ1) is 20.6. The first-order valence-corrected chi connectivity index (χ1v) is 10.7. The monoisotopic (exact) mass is 443 g/mol. The van der Waals surface area contributed by atoms with Crippen LogP contribution in [0.3, 0.4) is 0 Å². The van der Waals surface area contributed by atoms with Gasteiger partial charge in [0.05, 0.1) is 17.8 Å². The molecule has 4 aromatic rings. The minimum absolute atomic E-state index is 0.0520. The number of hydrogen-bond donors (Lipinski definition) is 3. The number of hydrogen-bond acceptors (Lipinski definition) is 7. The van der Waals surface area contributed by atoms with E-state index in [0.29, 0.717) is 23.8 Å². The Morgan fingerprint density at radius 1 is 1.24 bits per heavy atom. The zero-order valence-corrected chi connectivity index (χ0v) is 17.6. The number of nitrogens with zero attached hydrogens (tertiary/aromatic N) is 6. The molecule has 3 heterocycles. The van der Waals surface area contributed by atoms with E-state index in [4.69, 9.17) is 5.26 Å². The largest absolute Gasteiger partial charge is 0.505 e. The van der Waals surface area contributed by atoms with Gasteiger partial charge in [0.1, 0.15) is 22.4 Å². The topological polar surface area (TPSA) is 153 Å². The van der Waals surface area contributed by atoms with Crippen LogP contribution in [0.2, 0.25) is 0 Å². The molecule has 0 amide bonds. The summed E-state index contributed by atoms with van der Waals surface area (Å²) in [5.74, 6) is -0.921. The smallest absolute Gasteiger partial charge is 0.339 e. The molecule has 0 atom stereocenters. The Morgan fingerprint density at radius 3 is 2.82 bits per heavy atom.